The Morgan fingerprint density at radius 3 is 2.81 bits per heavy atom. The number of benzene rings is 1. The van der Waals surface area contributed by atoms with E-state index in [1.807, 2.05) is 0 Å². The maximum atomic E-state index is 5.76. The fourth-order valence-electron chi connectivity index (χ4n) is 3.66. The summed E-state index contributed by atoms with van der Waals surface area (Å²) in [6, 6.07) is 12.7. The lowest BCUT2D eigenvalue weighted by Gasteiger charge is -2.32. The first-order valence-corrected chi connectivity index (χ1v) is 11.3. The normalized spacial score (nSPS) is 17.6. The SMILES string of the molecule is Cc1ccc(NC(=S)N(CCCN2CCC[C@H](C)C2)Cc2cccs2)cc1. The number of thiocarbonyl (C=S) groups is 1. The lowest BCUT2D eigenvalue weighted by Crippen LogP contribution is -2.39. The van der Waals surface area contributed by atoms with Crippen LogP contribution in [-0.2, 0) is 6.54 Å². The molecule has 0 spiro atoms. The van der Waals surface area contributed by atoms with E-state index in [4.69, 9.17) is 12.2 Å². The zero-order chi connectivity index (χ0) is 19.1. The van der Waals surface area contributed by atoms with Gasteiger partial charge in [0.25, 0.3) is 0 Å². The molecule has 27 heavy (non-hydrogen) atoms. The zero-order valence-corrected chi connectivity index (χ0v) is 18.1. The van der Waals surface area contributed by atoms with E-state index in [2.05, 4.69) is 70.7 Å². The van der Waals surface area contributed by atoms with Crippen LogP contribution in [0.2, 0.25) is 0 Å². The molecular formula is C22H31N3S2. The fraction of sp³-hybridized carbons (Fsp3) is 0.500. The lowest BCUT2D eigenvalue weighted by molar-refractivity contribution is 0.177. The second-order valence-electron chi connectivity index (χ2n) is 7.70. The number of thiophene rings is 1. The van der Waals surface area contributed by atoms with E-state index < -0.39 is 0 Å². The Morgan fingerprint density at radius 1 is 1.30 bits per heavy atom. The van der Waals surface area contributed by atoms with Crippen LogP contribution in [-0.4, -0.2) is 41.1 Å². The number of likely N-dealkylation sites (tertiary alicyclic amines) is 1. The van der Waals surface area contributed by atoms with Crippen molar-refractivity contribution < 1.29 is 0 Å². The minimum atomic E-state index is 0.819. The molecule has 0 saturated carbocycles. The van der Waals surface area contributed by atoms with Crippen molar-refractivity contribution in [3.05, 3.63) is 52.2 Å². The Labute approximate surface area is 173 Å². The number of aryl methyl sites for hydroxylation is 1. The van der Waals surface area contributed by atoms with Gasteiger partial charge in [-0.1, -0.05) is 30.7 Å². The molecule has 3 rings (SSSR count). The standard InChI is InChI=1S/C22H31N3S2/c1-18-8-10-20(11-9-18)23-22(26)25(17-21-7-4-15-27-21)14-5-13-24-12-3-6-19(2)16-24/h4,7-11,15,19H,3,5-6,12-14,16-17H2,1-2H3,(H,23,26)/t19-/m0/s1. The van der Waals surface area contributed by atoms with E-state index in [-0.39, 0.29) is 0 Å². The molecule has 5 heteroatoms. The number of anilines is 1. The third-order valence-electron chi connectivity index (χ3n) is 5.16. The van der Waals surface area contributed by atoms with Crippen molar-refractivity contribution in [1.29, 1.82) is 0 Å². The molecule has 1 aliphatic rings. The molecule has 1 atom stereocenters. The van der Waals surface area contributed by atoms with Crippen molar-refractivity contribution >= 4 is 34.4 Å². The summed E-state index contributed by atoms with van der Waals surface area (Å²) in [6.07, 6.45) is 3.87. The molecule has 0 radical (unpaired) electrons. The van der Waals surface area contributed by atoms with Crippen LogP contribution < -0.4 is 5.32 Å². The largest absolute Gasteiger partial charge is 0.344 e. The van der Waals surface area contributed by atoms with Crippen LogP contribution in [0.15, 0.2) is 41.8 Å². The van der Waals surface area contributed by atoms with Crippen LogP contribution in [0, 0.1) is 12.8 Å². The average molecular weight is 402 g/mol. The van der Waals surface area contributed by atoms with Crippen LogP contribution >= 0.6 is 23.6 Å². The molecule has 1 N–H and O–H groups in total. The van der Waals surface area contributed by atoms with E-state index >= 15 is 0 Å². The van der Waals surface area contributed by atoms with Crippen LogP contribution in [0.3, 0.4) is 0 Å². The molecule has 1 saturated heterocycles. The van der Waals surface area contributed by atoms with Gasteiger partial charge < -0.3 is 15.1 Å². The molecule has 0 aliphatic carbocycles. The number of piperidine rings is 1. The highest BCUT2D eigenvalue weighted by atomic mass is 32.1. The summed E-state index contributed by atoms with van der Waals surface area (Å²) in [7, 11) is 0. The Bertz CT molecular complexity index is 697. The van der Waals surface area contributed by atoms with Crippen LogP contribution in [0.5, 0.6) is 0 Å². The summed E-state index contributed by atoms with van der Waals surface area (Å²) >= 11 is 7.56. The first kappa shape index (κ1) is 20.3. The Morgan fingerprint density at radius 2 is 2.11 bits per heavy atom. The average Bonchev–Trinajstić information content (AvgIpc) is 3.16. The second-order valence-corrected chi connectivity index (χ2v) is 9.12. The molecule has 1 fully saturated rings. The van der Waals surface area contributed by atoms with E-state index in [1.54, 1.807) is 11.3 Å². The highest BCUT2D eigenvalue weighted by molar-refractivity contribution is 7.80. The zero-order valence-electron chi connectivity index (χ0n) is 16.5. The molecular weight excluding hydrogens is 370 g/mol. The van der Waals surface area contributed by atoms with Gasteiger partial charge in [-0.05, 0) is 81.0 Å². The van der Waals surface area contributed by atoms with E-state index in [1.165, 1.54) is 42.9 Å². The predicted octanol–water partition coefficient (Wildman–Crippen LogP) is 5.38. The summed E-state index contributed by atoms with van der Waals surface area (Å²) in [6.45, 7) is 10.0. The van der Waals surface area contributed by atoms with Gasteiger partial charge in [0.15, 0.2) is 5.11 Å². The Kier molecular flexibility index (Phi) is 7.68. The van der Waals surface area contributed by atoms with Crippen molar-refractivity contribution in [3.8, 4) is 0 Å². The predicted molar refractivity (Wildman–Crippen MR) is 122 cm³/mol. The molecule has 0 amide bonds. The van der Waals surface area contributed by atoms with Crippen LogP contribution in [0.25, 0.3) is 0 Å². The van der Waals surface area contributed by atoms with E-state index in [9.17, 15) is 0 Å². The minimum Gasteiger partial charge on any atom is -0.344 e. The summed E-state index contributed by atoms with van der Waals surface area (Å²) in [5, 5.41) is 6.38. The van der Waals surface area contributed by atoms with E-state index in [0.29, 0.717) is 0 Å². The molecule has 1 aromatic heterocycles. The van der Waals surface area contributed by atoms with Crippen molar-refractivity contribution in [2.75, 3.05) is 31.5 Å². The summed E-state index contributed by atoms with van der Waals surface area (Å²) < 4.78 is 0. The molecule has 146 valence electrons. The minimum absolute atomic E-state index is 0.819. The fourth-order valence-corrected chi connectivity index (χ4v) is 4.65. The number of rotatable bonds is 7. The van der Waals surface area contributed by atoms with Gasteiger partial charge in [-0.2, -0.15) is 0 Å². The quantitative estimate of drug-likeness (QED) is 0.628. The highest BCUT2D eigenvalue weighted by Gasteiger charge is 2.17. The van der Waals surface area contributed by atoms with Gasteiger partial charge in [0, 0.05) is 23.7 Å². The Balaban J connectivity index is 1.56. The molecule has 3 nitrogen and oxygen atoms in total. The highest BCUT2D eigenvalue weighted by Crippen LogP contribution is 2.17. The summed E-state index contributed by atoms with van der Waals surface area (Å²) in [5.74, 6) is 0.838. The third-order valence-corrected chi connectivity index (χ3v) is 6.38. The number of hydrogen-bond acceptors (Lipinski definition) is 3. The molecule has 0 unspecified atom stereocenters. The number of nitrogens with one attached hydrogen (secondary N) is 1. The van der Waals surface area contributed by atoms with Crippen molar-refractivity contribution in [1.82, 2.24) is 9.80 Å². The Hall–Kier alpha value is -1.43. The third kappa shape index (κ3) is 6.59. The van der Waals surface area contributed by atoms with E-state index in [0.717, 1.165) is 36.2 Å². The van der Waals surface area contributed by atoms with Gasteiger partial charge in [-0.15, -0.1) is 11.3 Å². The number of hydrogen-bond donors (Lipinski definition) is 1. The van der Waals surface area contributed by atoms with Crippen molar-refractivity contribution in [2.24, 2.45) is 5.92 Å². The maximum absolute atomic E-state index is 5.76. The summed E-state index contributed by atoms with van der Waals surface area (Å²) in [5.41, 5.74) is 2.32. The molecule has 2 heterocycles. The van der Waals surface area contributed by atoms with Gasteiger partial charge in [-0.25, -0.2) is 0 Å². The number of nitrogens with zero attached hydrogens (tertiary/aromatic N) is 2. The lowest BCUT2D eigenvalue weighted by atomic mass is 10.0. The van der Waals surface area contributed by atoms with Crippen LogP contribution in [0.4, 0.5) is 5.69 Å². The van der Waals surface area contributed by atoms with Crippen LogP contribution in [0.1, 0.15) is 36.6 Å². The molecule has 1 aromatic carbocycles. The van der Waals surface area contributed by atoms with Gasteiger partial charge in [0.05, 0.1) is 6.54 Å². The first-order chi connectivity index (χ1) is 13.1. The molecule has 1 aliphatic heterocycles. The van der Waals surface area contributed by atoms with Gasteiger partial charge in [0.2, 0.25) is 0 Å². The monoisotopic (exact) mass is 401 g/mol. The van der Waals surface area contributed by atoms with Gasteiger partial charge in [-0.3, -0.25) is 0 Å². The second kappa shape index (κ2) is 10.2. The summed E-state index contributed by atoms with van der Waals surface area (Å²) in [4.78, 5) is 6.29. The van der Waals surface area contributed by atoms with Gasteiger partial charge in [0.1, 0.15) is 0 Å². The molecule has 2 aromatic rings. The van der Waals surface area contributed by atoms with Crippen molar-refractivity contribution in [2.45, 2.75) is 39.7 Å². The smallest absolute Gasteiger partial charge is 0.173 e. The van der Waals surface area contributed by atoms with Gasteiger partial charge >= 0.3 is 0 Å². The molecule has 0 bridgehead atoms. The van der Waals surface area contributed by atoms with Crippen molar-refractivity contribution in [3.63, 3.8) is 0 Å². The first-order valence-electron chi connectivity index (χ1n) is 9.97. The topological polar surface area (TPSA) is 18.5 Å². The maximum Gasteiger partial charge on any atom is 0.173 e.